The summed E-state index contributed by atoms with van der Waals surface area (Å²) in [7, 11) is 1.37. The van der Waals surface area contributed by atoms with E-state index in [1.165, 1.54) is 7.11 Å². The van der Waals surface area contributed by atoms with Crippen LogP contribution in [0, 0.1) is 0 Å². The standard InChI is InChI=1S/C19H14ClNO3/c1-23-19(22)15-10-17-18(13-7-3-5-9-16(13)24-17)21(15)11-12-6-2-4-8-14(12)20/h2-10H,11H2,1H3. The lowest BCUT2D eigenvalue weighted by molar-refractivity contribution is 0.0589. The van der Waals surface area contributed by atoms with Gasteiger partial charge in [-0.3, -0.25) is 0 Å². The molecule has 0 atom stereocenters. The van der Waals surface area contributed by atoms with Crippen LogP contribution in [0.2, 0.25) is 5.02 Å². The van der Waals surface area contributed by atoms with Gasteiger partial charge in [0.1, 0.15) is 11.3 Å². The van der Waals surface area contributed by atoms with Gasteiger partial charge in [-0.2, -0.15) is 0 Å². The Kier molecular flexibility index (Phi) is 3.54. The Balaban J connectivity index is 1.99. The van der Waals surface area contributed by atoms with Gasteiger partial charge in [0, 0.05) is 16.5 Å². The van der Waals surface area contributed by atoms with Crippen LogP contribution in [0.1, 0.15) is 16.1 Å². The zero-order chi connectivity index (χ0) is 16.7. The van der Waals surface area contributed by atoms with Gasteiger partial charge in [0.05, 0.1) is 19.2 Å². The van der Waals surface area contributed by atoms with Gasteiger partial charge >= 0.3 is 5.97 Å². The maximum atomic E-state index is 12.2. The van der Waals surface area contributed by atoms with Crippen molar-refractivity contribution in [3.05, 3.63) is 70.9 Å². The molecule has 120 valence electrons. The summed E-state index contributed by atoms with van der Waals surface area (Å²) in [6, 6.07) is 17.1. The zero-order valence-electron chi connectivity index (χ0n) is 13.0. The normalized spacial score (nSPS) is 11.2. The van der Waals surface area contributed by atoms with Crippen molar-refractivity contribution in [3.8, 4) is 0 Å². The zero-order valence-corrected chi connectivity index (χ0v) is 13.7. The molecule has 0 amide bonds. The van der Waals surface area contributed by atoms with Crippen LogP contribution >= 0.6 is 11.6 Å². The second kappa shape index (κ2) is 5.73. The first-order chi connectivity index (χ1) is 11.7. The Hall–Kier alpha value is -2.72. The van der Waals surface area contributed by atoms with Gasteiger partial charge in [-0.1, -0.05) is 41.9 Å². The van der Waals surface area contributed by atoms with Crippen LogP contribution in [-0.4, -0.2) is 17.6 Å². The van der Waals surface area contributed by atoms with E-state index in [1.807, 2.05) is 53.1 Å². The van der Waals surface area contributed by atoms with Crippen molar-refractivity contribution >= 4 is 39.6 Å². The summed E-state index contributed by atoms with van der Waals surface area (Å²) in [5.74, 6) is -0.405. The summed E-state index contributed by atoms with van der Waals surface area (Å²) in [6.07, 6.45) is 0. The van der Waals surface area contributed by atoms with E-state index in [2.05, 4.69) is 0 Å². The molecule has 0 spiro atoms. The lowest BCUT2D eigenvalue weighted by Crippen LogP contribution is -2.11. The summed E-state index contributed by atoms with van der Waals surface area (Å²) in [4.78, 5) is 12.2. The highest BCUT2D eigenvalue weighted by molar-refractivity contribution is 6.31. The Morgan fingerprint density at radius 3 is 2.67 bits per heavy atom. The van der Waals surface area contributed by atoms with Gasteiger partial charge in [-0.25, -0.2) is 4.79 Å². The van der Waals surface area contributed by atoms with Crippen molar-refractivity contribution in [2.45, 2.75) is 6.54 Å². The number of rotatable bonds is 3. The molecule has 0 aliphatic heterocycles. The van der Waals surface area contributed by atoms with Crippen LogP contribution in [0.5, 0.6) is 0 Å². The average molecular weight is 340 g/mol. The smallest absolute Gasteiger partial charge is 0.354 e. The molecule has 2 aromatic carbocycles. The largest absolute Gasteiger partial charge is 0.464 e. The highest BCUT2D eigenvalue weighted by atomic mass is 35.5. The van der Waals surface area contributed by atoms with Crippen LogP contribution in [0.15, 0.2) is 59.0 Å². The van der Waals surface area contributed by atoms with Crippen molar-refractivity contribution in [2.75, 3.05) is 7.11 Å². The fourth-order valence-corrected chi connectivity index (χ4v) is 3.18. The van der Waals surface area contributed by atoms with Crippen molar-refractivity contribution in [2.24, 2.45) is 0 Å². The maximum absolute atomic E-state index is 12.2. The first kappa shape index (κ1) is 14.8. The van der Waals surface area contributed by atoms with Gasteiger partial charge in [-0.05, 0) is 23.8 Å². The third-order valence-corrected chi connectivity index (χ3v) is 4.47. The number of ether oxygens (including phenoxy) is 1. The maximum Gasteiger partial charge on any atom is 0.354 e. The molecular weight excluding hydrogens is 326 g/mol. The number of furan rings is 1. The summed E-state index contributed by atoms with van der Waals surface area (Å²) in [5, 5.41) is 1.61. The van der Waals surface area contributed by atoms with E-state index in [0.717, 1.165) is 22.0 Å². The highest BCUT2D eigenvalue weighted by Crippen LogP contribution is 2.32. The van der Waals surface area contributed by atoms with E-state index in [-0.39, 0.29) is 0 Å². The van der Waals surface area contributed by atoms with Gasteiger partial charge in [0.15, 0.2) is 5.58 Å². The topological polar surface area (TPSA) is 44.4 Å². The number of methoxy groups -OCH3 is 1. The van der Waals surface area contributed by atoms with Crippen LogP contribution < -0.4 is 0 Å². The first-order valence-corrected chi connectivity index (χ1v) is 7.89. The minimum atomic E-state index is -0.405. The van der Waals surface area contributed by atoms with Crippen LogP contribution in [0.4, 0.5) is 0 Å². The molecule has 4 rings (SSSR count). The molecule has 0 unspecified atom stereocenters. The SMILES string of the molecule is COC(=O)c1cc2oc3ccccc3c2n1Cc1ccccc1Cl. The number of aromatic nitrogens is 1. The lowest BCUT2D eigenvalue weighted by atomic mass is 10.2. The predicted molar refractivity (Wildman–Crippen MR) is 93.6 cm³/mol. The molecule has 0 bridgehead atoms. The van der Waals surface area contributed by atoms with E-state index in [1.54, 1.807) is 6.07 Å². The third-order valence-electron chi connectivity index (χ3n) is 4.10. The molecule has 4 aromatic rings. The van der Waals surface area contributed by atoms with E-state index in [4.69, 9.17) is 20.8 Å². The van der Waals surface area contributed by atoms with Gasteiger partial charge in [0.2, 0.25) is 0 Å². The van der Waals surface area contributed by atoms with E-state index < -0.39 is 5.97 Å². The Morgan fingerprint density at radius 1 is 1.12 bits per heavy atom. The quantitative estimate of drug-likeness (QED) is 0.500. The summed E-state index contributed by atoms with van der Waals surface area (Å²) in [5.41, 5.74) is 3.67. The molecule has 0 saturated carbocycles. The number of carbonyl (C=O) groups is 1. The third kappa shape index (κ3) is 2.27. The first-order valence-electron chi connectivity index (χ1n) is 7.51. The molecular formula is C19H14ClNO3. The van der Waals surface area contributed by atoms with Crippen LogP contribution in [0.3, 0.4) is 0 Å². The number of fused-ring (bicyclic) bond motifs is 3. The monoisotopic (exact) mass is 339 g/mol. The van der Waals surface area contributed by atoms with E-state index >= 15 is 0 Å². The Morgan fingerprint density at radius 2 is 1.88 bits per heavy atom. The Labute approximate surface area is 143 Å². The minimum Gasteiger partial charge on any atom is -0.464 e. The molecule has 2 heterocycles. The van der Waals surface area contributed by atoms with Gasteiger partial charge < -0.3 is 13.7 Å². The molecule has 4 nitrogen and oxygen atoms in total. The second-order valence-corrected chi connectivity index (χ2v) is 5.92. The van der Waals surface area contributed by atoms with Crippen molar-refractivity contribution < 1.29 is 13.9 Å². The molecule has 5 heteroatoms. The number of hydrogen-bond acceptors (Lipinski definition) is 3. The predicted octanol–water partition coefficient (Wildman–Crippen LogP) is 4.88. The van der Waals surface area contributed by atoms with Gasteiger partial charge in [0.25, 0.3) is 0 Å². The number of hydrogen-bond donors (Lipinski definition) is 0. The molecule has 0 saturated heterocycles. The number of benzene rings is 2. The number of nitrogens with zero attached hydrogens (tertiary/aromatic N) is 1. The minimum absolute atomic E-state index is 0.405. The van der Waals surface area contributed by atoms with Crippen molar-refractivity contribution in [1.82, 2.24) is 4.57 Å². The highest BCUT2D eigenvalue weighted by Gasteiger charge is 2.21. The van der Waals surface area contributed by atoms with Gasteiger partial charge in [-0.15, -0.1) is 0 Å². The lowest BCUT2D eigenvalue weighted by Gasteiger charge is -2.10. The Bertz CT molecular complexity index is 1060. The number of halogens is 1. The van der Waals surface area contributed by atoms with E-state index in [0.29, 0.717) is 22.8 Å². The number of carbonyl (C=O) groups excluding carboxylic acids is 1. The summed E-state index contributed by atoms with van der Waals surface area (Å²) < 4.78 is 12.7. The molecule has 0 aliphatic rings. The van der Waals surface area contributed by atoms with E-state index in [9.17, 15) is 4.79 Å². The fraction of sp³-hybridized carbons (Fsp3) is 0.105. The van der Waals surface area contributed by atoms with Crippen LogP contribution in [0.25, 0.3) is 22.1 Å². The second-order valence-electron chi connectivity index (χ2n) is 5.51. The average Bonchev–Trinajstić information content (AvgIpc) is 3.13. The number of para-hydroxylation sites is 1. The number of esters is 1. The fourth-order valence-electron chi connectivity index (χ4n) is 2.98. The summed E-state index contributed by atoms with van der Waals surface area (Å²) >= 11 is 6.30. The molecule has 0 N–H and O–H groups in total. The molecule has 24 heavy (non-hydrogen) atoms. The molecule has 0 radical (unpaired) electrons. The molecule has 0 aliphatic carbocycles. The summed E-state index contributed by atoms with van der Waals surface area (Å²) in [6.45, 7) is 0.455. The van der Waals surface area contributed by atoms with Crippen LogP contribution in [-0.2, 0) is 11.3 Å². The molecule has 0 fully saturated rings. The van der Waals surface area contributed by atoms with Crippen molar-refractivity contribution in [3.63, 3.8) is 0 Å². The van der Waals surface area contributed by atoms with Crippen molar-refractivity contribution in [1.29, 1.82) is 0 Å². The molecule has 2 aromatic heterocycles.